The minimum Gasteiger partial charge on any atom is -0.508 e. The SMILES string of the molecule is O=S(=O)(C1CC1)N1CCC(Nc2nccc(-c3c(-c4cccc(O)c4)nc4sccn34)n2)CC1. The van der Waals surface area contributed by atoms with E-state index in [1.807, 2.05) is 28.1 Å². The van der Waals surface area contributed by atoms with E-state index in [4.69, 9.17) is 9.97 Å². The maximum absolute atomic E-state index is 12.5. The van der Waals surface area contributed by atoms with Crippen LogP contribution in [0.1, 0.15) is 25.7 Å². The van der Waals surface area contributed by atoms with Crippen molar-refractivity contribution >= 4 is 32.3 Å². The summed E-state index contributed by atoms with van der Waals surface area (Å²) in [6, 6.07) is 9.00. The molecule has 0 atom stereocenters. The van der Waals surface area contributed by atoms with Gasteiger partial charge in [-0.05, 0) is 43.9 Å². The highest BCUT2D eigenvalue weighted by atomic mass is 32.2. The molecule has 0 bridgehead atoms. The molecule has 6 rings (SSSR count). The maximum atomic E-state index is 12.5. The third-order valence-electron chi connectivity index (χ3n) is 6.37. The van der Waals surface area contributed by atoms with Gasteiger partial charge in [0.05, 0.1) is 16.6 Å². The van der Waals surface area contributed by atoms with Crippen LogP contribution in [0.15, 0.2) is 48.1 Å². The van der Waals surface area contributed by atoms with E-state index in [-0.39, 0.29) is 17.0 Å². The molecule has 0 amide bonds. The van der Waals surface area contributed by atoms with E-state index in [0.29, 0.717) is 19.0 Å². The fourth-order valence-electron chi connectivity index (χ4n) is 4.46. The summed E-state index contributed by atoms with van der Waals surface area (Å²) in [5.41, 5.74) is 3.10. The second kappa shape index (κ2) is 8.33. The van der Waals surface area contributed by atoms with Gasteiger partial charge >= 0.3 is 0 Å². The third kappa shape index (κ3) is 3.93. The molecule has 9 nitrogen and oxygen atoms in total. The van der Waals surface area contributed by atoms with Crippen LogP contribution in [-0.2, 0) is 10.0 Å². The zero-order chi connectivity index (χ0) is 23.3. The second-order valence-electron chi connectivity index (χ2n) is 8.74. The molecular formula is C23H24N6O3S2. The normalized spacial score (nSPS) is 17.9. The molecule has 1 aliphatic carbocycles. The number of sulfonamides is 1. The van der Waals surface area contributed by atoms with Gasteiger partial charge in [-0.2, -0.15) is 0 Å². The molecule has 4 heterocycles. The Morgan fingerprint density at radius 3 is 2.68 bits per heavy atom. The summed E-state index contributed by atoms with van der Waals surface area (Å²) in [5.74, 6) is 0.688. The number of benzene rings is 1. The number of imidazole rings is 1. The zero-order valence-electron chi connectivity index (χ0n) is 18.3. The van der Waals surface area contributed by atoms with E-state index in [2.05, 4.69) is 10.3 Å². The van der Waals surface area contributed by atoms with Crippen molar-refractivity contribution in [3.05, 3.63) is 48.1 Å². The van der Waals surface area contributed by atoms with Gasteiger partial charge < -0.3 is 10.4 Å². The summed E-state index contributed by atoms with van der Waals surface area (Å²) in [4.78, 5) is 14.8. The van der Waals surface area contributed by atoms with Crippen LogP contribution in [0.4, 0.5) is 5.95 Å². The first-order valence-corrected chi connectivity index (χ1v) is 13.7. The second-order valence-corrected chi connectivity index (χ2v) is 11.8. The van der Waals surface area contributed by atoms with E-state index in [0.717, 1.165) is 53.3 Å². The molecule has 11 heteroatoms. The number of hydrogen-bond acceptors (Lipinski definition) is 8. The van der Waals surface area contributed by atoms with E-state index >= 15 is 0 Å². The smallest absolute Gasteiger partial charge is 0.223 e. The third-order valence-corrected chi connectivity index (χ3v) is 9.53. The molecule has 1 saturated heterocycles. The average molecular weight is 497 g/mol. The Hall–Kier alpha value is -3.02. The Labute approximate surface area is 201 Å². The number of nitrogens with one attached hydrogen (secondary N) is 1. The summed E-state index contributed by atoms with van der Waals surface area (Å²) in [6.07, 6.45) is 6.69. The van der Waals surface area contributed by atoms with Crippen LogP contribution in [0.5, 0.6) is 5.75 Å². The molecule has 1 saturated carbocycles. The highest BCUT2D eigenvalue weighted by Gasteiger charge is 2.41. The van der Waals surface area contributed by atoms with Crippen molar-refractivity contribution in [1.29, 1.82) is 0 Å². The molecule has 34 heavy (non-hydrogen) atoms. The van der Waals surface area contributed by atoms with E-state index < -0.39 is 10.0 Å². The first kappa shape index (κ1) is 21.5. The van der Waals surface area contributed by atoms with Crippen LogP contribution in [-0.4, -0.2) is 61.6 Å². The molecule has 2 fully saturated rings. The Bertz CT molecular complexity index is 1450. The molecule has 2 aliphatic rings. The van der Waals surface area contributed by atoms with Crippen molar-refractivity contribution in [3.63, 3.8) is 0 Å². The number of piperidine rings is 1. The predicted octanol–water partition coefficient (Wildman–Crippen LogP) is 3.59. The molecule has 0 unspecified atom stereocenters. The highest BCUT2D eigenvalue weighted by molar-refractivity contribution is 7.90. The van der Waals surface area contributed by atoms with Gasteiger partial charge in [0, 0.05) is 42.5 Å². The number of nitrogens with zero attached hydrogens (tertiary/aromatic N) is 5. The van der Waals surface area contributed by atoms with Gasteiger partial charge in [-0.3, -0.25) is 4.40 Å². The maximum Gasteiger partial charge on any atom is 0.223 e. The van der Waals surface area contributed by atoms with Crippen molar-refractivity contribution < 1.29 is 13.5 Å². The summed E-state index contributed by atoms with van der Waals surface area (Å²) in [5, 5.41) is 15.2. The molecule has 1 aliphatic heterocycles. The van der Waals surface area contributed by atoms with Gasteiger partial charge in [0.25, 0.3) is 0 Å². The minimum atomic E-state index is -3.12. The Kier molecular flexibility index (Phi) is 5.27. The number of phenolic OH excluding ortho intramolecular Hbond substituents is 1. The van der Waals surface area contributed by atoms with Crippen molar-refractivity contribution in [2.45, 2.75) is 37.0 Å². The van der Waals surface area contributed by atoms with Crippen molar-refractivity contribution in [2.75, 3.05) is 18.4 Å². The molecule has 0 spiro atoms. The van der Waals surface area contributed by atoms with Gasteiger partial charge in [-0.25, -0.2) is 27.7 Å². The Morgan fingerprint density at radius 1 is 1.09 bits per heavy atom. The largest absolute Gasteiger partial charge is 0.508 e. The van der Waals surface area contributed by atoms with Crippen LogP contribution in [0.2, 0.25) is 0 Å². The van der Waals surface area contributed by atoms with Crippen molar-refractivity contribution in [2.24, 2.45) is 0 Å². The standard InChI is InChI=1S/C23H24N6O3S2/c30-17-3-1-2-15(14-17)20-21(29-12-13-33-23(29)27-20)19-6-9-24-22(26-19)25-16-7-10-28(11-8-16)34(31,32)18-4-5-18/h1-3,6,9,12-14,16,18,30H,4-5,7-8,10-11H2,(H,24,25,26). The topological polar surface area (TPSA) is 113 Å². The molecule has 176 valence electrons. The molecular weight excluding hydrogens is 472 g/mol. The summed E-state index contributed by atoms with van der Waals surface area (Å²) >= 11 is 1.53. The summed E-state index contributed by atoms with van der Waals surface area (Å²) in [6.45, 7) is 1.05. The lowest BCUT2D eigenvalue weighted by molar-refractivity contribution is 0.328. The number of phenols is 1. The number of thiazole rings is 1. The van der Waals surface area contributed by atoms with Gasteiger partial charge in [0.2, 0.25) is 16.0 Å². The number of aromatic hydroxyl groups is 1. The van der Waals surface area contributed by atoms with Gasteiger partial charge in [0.15, 0.2) is 4.96 Å². The monoisotopic (exact) mass is 496 g/mol. The molecule has 2 N–H and O–H groups in total. The van der Waals surface area contributed by atoms with Crippen LogP contribution in [0.3, 0.4) is 0 Å². The quantitative estimate of drug-likeness (QED) is 0.419. The number of anilines is 1. The number of fused-ring (bicyclic) bond motifs is 1. The number of aromatic nitrogens is 4. The van der Waals surface area contributed by atoms with Gasteiger partial charge in [-0.15, -0.1) is 11.3 Å². The van der Waals surface area contributed by atoms with Gasteiger partial charge in [0.1, 0.15) is 11.4 Å². The van der Waals surface area contributed by atoms with Crippen LogP contribution >= 0.6 is 11.3 Å². The van der Waals surface area contributed by atoms with Gasteiger partial charge in [-0.1, -0.05) is 12.1 Å². The number of hydrogen-bond donors (Lipinski definition) is 2. The van der Waals surface area contributed by atoms with Crippen molar-refractivity contribution in [3.8, 4) is 28.4 Å². The molecule has 3 aromatic heterocycles. The lowest BCUT2D eigenvalue weighted by Gasteiger charge is -2.31. The summed E-state index contributed by atoms with van der Waals surface area (Å²) < 4.78 is 28.6. The van der Waals surface area contributed by atoms with E-state index in [1.165, 1.54) is 11.3 Å². The van der Waals surface area contributed by atoms with Crippen molar-refractivity contribution in [1.82, 2.24) is 23.7 Å². The lowest BCUT2D eigenvalue weighted by Crippen LogP contribution is -2.43. The minimum absolute atomic E-state index is 0.109. The predicted molar refractivity (Wildman–Crippen MR) is 131 cm³/mol. The first-order valence-electron chi connectivity index (χ1n) is 11.3. The number of rotatable bonds is 6. The first-order chi connectivity index (χ1) is 16.5. The van der Waals surface area contributed by atoms with Crippen LogP contribution in [0, 0.1) is 0 Å². The van der Waals surface area contributed by atoms with Crippen LogP contribution < -0.4 is 5.32 Å². The summed E-state index contributed by atoms with van der Waals surface area (Å²) in [7, 11) is -3.12. The Balaban J connectivity index is 1.26. The van der Waals surface area contributed by atoms with E-state index in [1.54, 1.807) is 28.7 Å². The highest BCUT2D eigenvalue weighted by Crippen LogP contribution is 2.35. The lowest BCUT2D eigenvalue weighted by atomic mass is 10.1. The average Bonchev–Trinajstić information content (AvgIpc) is 3.50. The van der Waals surface area contributed by atoms with E-state index in [9.17, 15) is 13.5 Å². The fourth-order valence-corrected chi connectivity index (χ4v) is 7.05. The molecule has 0 radical (unpaired) electrons. The fraction of sp³-hybridized carbons (Fsp3) is 0.348. The molecule has 1 aromatic carbocycles. The Morgan fingerprint density at radius 2 is 1.91 bits per heavy atom. The van der Waals surface area contributed by atoms with Crippen LogP contribution in [0.25, 0.3) is 27.6 Å². The molecule has 4 aromatic rings. The zero-order valence-corrected chi connectivity index (χ0v) is 20.0.